The fourth-order valence-corrected chi connectivity index (χ4v) is 3.99. The summed E-state index contributed by atoms with van der Waals surface area (Å²) in [5.74, 6) is 1.15. The van der Waals surface area contributed by atoms with E-state index in [1.807, 2.05) is 17.0 Å². The highest BCUT2D eigenvalue weighted by Crippen LogP contribution is 2.41. The molecule has 0 saturated carbocycles. The van der Waals surface area contributed by atoms with Crippen molar-refractivity contribution in [1.29, 1.82) is 0 Å². The monoisotopic (exact) mass is 352 g/mol. The highest BCUT2D eigenvalue weighted by atomic mass is 16.5. The van der Waals surface area contributed by atoms with Crippen LogP contribution < -0.4 is 4.74 Å². The Hall–Kier alpha value is -2.56. The van der Waals surface area contributed by atoms with E-state index in [-0.39, 0.29) is 11.8 Å². The number of benzene rings is 1. The summed E-state index contributed by atoms with van der Waals surface area (Å²) >= 11 is 0. The second-order valence-electron chi connectivity index (χ2n) is 6.98. The van der Waals surface area contributed by atoms with Gasteiger partial charge < -0.3 is 14.1 Å². The van der Waals surface area contributed by atoms with Crippen molar-refractivity contribution in [3.05, 3.63) is 36.2 Å². The van der Waals surface area contributed by atoms with Gasteiger partial charge >= 0.3 is 0 Å². The molecular formula is C21H24N2O3. The van der Waals surface area contributed by atoms with Crippen LogP contribution in [0.5, 0.6) is 5.75 Å². The minimum absolute atomic E-state index is 0.187. The molecule has 3 aromatic rings. The average Bonchev–Trinajstić information content (AvgIpc) is 3.22. The summed E-state index contributed by atoms with van der Waals surface area (Å²) in [6.07, 6.45) is 7.48. The summed E-state index contributed by atoms with van der Waals surface area (Å²) in [5.41, 5.74) is 2.65. The Labute approximate surface area is 152 Å². The van der Waals surface area contributed by atoms with Crippen LogP contribution in [0.1, 0.15) is 44.1 Å². The number of hydrogen-bond donors (Lipinski definition) is 0. The maximum Gasteiger partial charge on any atom is 0.223 e. The van der Waals surface area contributed by atoms with E-state index in [0.717, 1.165) is 47.0 Å². The molecule has 5 nitrogen and oxygen atoms in total. The molecule has 1 atom stereocenters. The molecule has 26 heavy (non-hydrogen) atoms. The number of furan rings is 1. The van der Waals surface area contributed by atoms with E-state index in [1.54, 1.807) is 19.5 Å². The number of pyridine rings is 1. The first kappa shape index (κ1) is 16.9. The zero-order chi connectivity index (χ0) is 18.1. The zero-order valence-electron chi connectivity index (χ0n) is 15.3. The molecule has 136 valence electrons. The van der Waals surface area contributed by atoms with Crippen LogP contribution in [0.4, 0.5) is 0 Å². The van der Waals surface area contributed by atoms with Crippen LogP contribution in [-0.2, 0) is 4.79 Å². The summed E-state index contributed by atoms with van der Waals surface area (Å²) in [7, 11) is 1.65. The first-order valence-electron chi connectivity index (χ1n) is 9.33. The summed E-state index contributed by atoms with van der Waals surface area (Å²) in [5, 5.41) is 2.08. The van der Waals surface area contributed by atoms with Crippen molar-refractivity contribution in [3.63, 3.8) is 0 Å². The number of nitrogens with zero attached hydrogens (tertiary/aromatic N) is 2. The third-order valence-corrected chi connectivity index (χ3v) is 5.33. The SMILES string of the molecule is CCCCCN1CC(c2ccc(OC)c3oc4cnccc4c23)CC1=O. The fourth-order valence-electron chi connectivity index (χ4n) is 3.99. The van der Waals surface area contributed by atoms with E-state index in [1.165, 1.54) is 12.8 Å². The van der Waals surface area contributed by atoms with Crippen LogP contribution in [0.3, 0.4) is 0 Å². The van der Waals surface area contributed by atoms with Gasteiger partial charge in [0, 0.05) is 42.4 Å². The van der Waals surface area contributed by atoms with Crippen molar-refractivity contribution in [2.24, 2.45) is 0 Å². The van der Waals surface area contributed by atoms with Crippen LogP contribution in [0.25, 0.3) is 21.9 Å². The number of unbranched alkanes of at least 4 members (excludes halogenated alkanes) is 2. The molecule has 0 aliphatic carbocycles. The van der Waals surface area contributed by atoms with Gasteiger partial charge in [0.2, 0.25) is 5.91 Å². The van der Waals surface area contributed by atoms with Gasteiger partial charge in [-0.3, -0.25) is 9.78 Å². The van der Waals surface area contributed by atoms with Gasteiger partial charge in [0.25, 0.3) is 0 Å². The number of carbonyl (C=O) groups excluding carboxylic acids is 1. The van der Waals surface area contributed by atoms with Crippen molar-refractivity contribution in [2.45, 2.75) is 38.5 Å². The quantitative estimate of drug-likeness (QED) is 0.613. The molecular weight excluding hydrogens is 328 g/mol. The topological polar surface area (TPSA) is 55.6 Å². The Morgan fingerprint density at radius 1 is 1.31 bits per heavy atom. The van der Waals surface area contributed by atoms with E-state index < -0.39 is 0 Å². The van der Waals surface area contributed by atoms with Gasteiger partial charge in [-0.05, 0) is 24.1 Å². The highest BCUT2D eigenvalue weighted by molar-refractivity contribution is 6.08. The maximum absolute atomic E-state index is 12.5. The van der Waals surface area contributed by atoms with Crippen molar-refractivity contribution < 1.29 is 13.9 Å². The molecule has 0 bridgehead atoms. The van der Waals surface area contributed by atoms with Crippen LogP contribution in [0.15, 0.2) is 35.0 Å². The maximum atomic E-state index is 12.5. The number of methoxy groups -OCH3 is 1. The molecule has 1 unspecified atom stereocenters. The molecule has 2 aromatic heterocycles. The van der Waals surface area contributed by atoms with Gasteiger partial charge in [-0.2, -0.15) is 0 Å². The summed E-state index contributed by atoms with van der Waals surface area (Å²) < 4.78 is 11.5. The molecule has 0 radical (unpaired) electrons. The van der Waals surface area contributed by atoms with E-state index >= 15 is 0 Å². The van der Waals surface area contributed by atoms with E-state index in [0.29, 0.717) is 12.2 Å². The van der Waals surface area contributed by atoms with Crippen LogP contribution in [0, 0.1) is 0 Å². The molecule has 4 rings (SSSR count). The predicted molar refractivity (Wildman–Crippen MR) is 102 cm³/mol. The molecule has 1 saturated heterocycles. The first-order chi connectivity index (χ1) is 12.7. The summed E-state index contributed by atoms with van der Waals surface area (Å²) in [4.78, 5) is 18.7. The van der Waals surface area contributed by atoms with Crippen molar-refractivity contribution >= 4 is 27.8 Å². The number of rotatable bonds is 6. The van der Waals surface area contributed by atoms with Crippen LogP contribution >= 0.6 is 0 Å². The normalized spacial score (nSPS) is 17.5. The molecule has 1 aromatic carbocycles. The number of fused-ring (bicyclic) bond motifs is 3. The van der Waals surface area contributed by atoms with Crippen LogP contribution in [-0.4, -0.2) is 36.0 Å². The number of amides is 1. The number of hydrogen-bond acceptors (Lipinski definition) is 4. The van der Waals surface area contributed by atoms with Gasteiger partial charge in [0.05, 0.1) is 13.3 Å². The van der Waals surface area contributed by atoms with Crippen LogP contribution in [0.2, 0.25) is 0 Å². The molecule has 1 fully saturated rings. The second-order valence-corrected chi connectivity index (χ2v) is 6.98. The van der Waals surface area contributed by atoms with Crippen molar-refractivity contribution in [1.82, 2.24) is 9.88 Å². The predicted octanol–water partition coefficient (Wildman–Crippen LogP) is 4.50. The summed E-state index contributed by atoms with van der Waals surface area (Å²) in [6.45, 7) is 3.82. The lowest BCUT2D eigenvalue weighted by Gasteiger charge is -2.17. The third-order valence-electron chi connectivity index (χ3n) is 5.33. The lowest BCUT2D eigenvalue weighted by Crippen LogP contribution is -2.26. The largest absolute Gasteiger partial charge is 0.493 e. The Morgan fingerprint density at radius 2 is 2.19 bits per heavy atom. The zero-order valence-corrected chi connectivity index (χ0v) is 15.3. The molecule has 5 heteroatoms. The highest BCUT2D eigenvalue weighted by Gasteiger charge is 2.32. The standard InChI is InChI=1S/C21H24N2O3/c1-3-4-5-10-23-13-14(11-19(23)24)15-6-7-17(25-2)21-20(15)16-8-9-22-12-18(16)26-21/h6-9,12,14H,3-5,10-11,13H2,1-2H3. The molecule has 3 heterocycles. The number of aromatic nitrogens is 1. The molecule has 1 amide bonds. The Kier molecular flexibility index (Phi) is 4.53. The Bertz CT molecular complexity index is 947. The smallest absolute Gasteiger partial charge is 0.223 e. The van der Waals surface area contributed by atoms with Gasteiger partial charge in [-0.15, -0.1) is 0 Å². The number of likely N-dealkylation sites (tertiary alicyclic amines) is 1. The molecule has 1 aliphatic heterocycles. The third kappa shape index (κ3) is 2.81. The minimum Gasteiger partial charge on any atom is -0.493 e. The van der Waals surface area contributed by atoms with Crippen molar-refractivity contribution in [3.8, 4) is 5.75 Å². The van der Waals surface area contributed by atoms with Gasteiger partial charge in [-0.1, -0.05) is 25.8 Å². The summed E-state index contributed by atoms with van der Waals surface area (Å²) in [6, 6.07) is 6.00. The van der Waals surface area contributed by atoms with E-state index in [4.69, 9.17) is 9.15 Å². The number of ether oxygens (including phenoxy) is 1. The Balaban J connectivity index is 1.74. The molecule has 0 spiro atoms. The fraction of sp³-hybridized carbons (Fsp3) is 0.429. The van der Waals surface area contributed by atoms with Gasteiger partial charge in [0.15, 0.2) is 16.9 Å². The molecule has 1 aliphatic rings. The lowest BCUT2D eigenvalue weighted by molar-refractivity contribution is -0.127. The van der Waals surface area contributed by atoms with E-state index in [2.05, 4.69) is 18.0 Å². The molecule has 0 N–H and O–H groups in total. The number of carbonyl (C=O) groups is 1. The van der Waals surface area contributed by atoms with E-state index in [9.17, 15) is 4.79 Å². The lowest BCUT2D eigenvalue weighted by atomic mass is 9.93. The minimum atomic E-state index is 0.187. The Morgan fingerprint density at radius 3 is 3.00 bits per heavy atom. The van der Waals surface area contributed by atoms with Crippen molar-refractivity contribution in [2.75, 3.05) is 20.2 Å². The van der Waals surface area contributed by atoms with Gasteiger partial charge in [0.1, 0.15) is 0 Å². The van der Waals surface area contributed by atoms with Gasteiger partial charge in [-0.25, -0.2) is 0 Å². The first-order valence-corrected chi connectivity index (χ1v) is 9.33. The second kappa shape index (κ2) is 6.98. The average molecular weight is 352 g/mol.